The molecule has 0 aliphatic carbocycles. The summed E-state index contributed by atoms with van der Waals surface area (Å²) in [6, 6.07) is 17.6. The van der Waals surface area contributed by atoms with Crippen LogP contribution in [0, 0.1) is 0 Å². The SMILES string of the molecule is CC(=O)c1ccc(Nc2nncc(NCCCc3ccccc3)n2)cc1. The molecule has 0 unspecified atom stereocenters. The van der Waals surface area contributed by atoms with E-state index in [-0.39, 0.29) is 5.78 Å². The Bertz CT molecular complexity index is 850. The number of aryl methyl sites for hydroxylation is 1. The lowest BCUT2D eigenvalue weighted by Gasteiger charge is -2.08. The number of carbonyl (C=O) groups excluding carboxylic acids is 1. The minimum atomic E-state index is 0.0381. The summed E-state index contributed by atoms with van der Waals surface area (Å²) in [6.07, 6.45) is 3.62. The van der Waals surface area contributed by atoms with Gasteiger partial charge >= 0.3 is 0 Å². The highest BCUT2D eigenvalue weighted by Gasteiger charge is 2.03. The van der Waals surface area contributed by atoms with Gasteiger partial charge < -0.3 is 10.6 Å². The van der Waals surface area contributed by atoms with Crippen LogP contribution in [0.4, 0.5) is 17.5 Å². The number of rotatable bonds is 8. The molecule has 0 fully saturated rings. The Labute approximate surface area is 152 Å². The van der Waals surface area contributed by atoms with Gasteiger partial charge in [0.2, 0.25) is 5.95 Å². The molecule has 0 amide bonds. The van der Waals surface area contributed by atoms with E-state index < -0.39 is 0 Å². The molecule has 26 heavy (non-hydrogen) atoms. The van der Waals surface area contributed by atoms with Crippen molar-refractivity contribution in [2.45, 2.75) is 19.8 Å². The lowest BCUT2D eigenvalue weighted by Crippen LogP contribution is -2.07. The molecule has 132 valence electrons. The highest BCUT2D eigenvalue weighted by Crippen LogP contribution is 2.15. The monoisotopic (exact) mass is 347 g/mol. The predicted molar refractivity (Wildman–Crippen MR) is 103 cm³/mol. The number of Topliss-reactive ketones (excluding diaryl/α,β-unsaturated/α-hetero) is 1. The van der Waals surface area contributed by atoms with Gasteiger partial charge in [0.05, 0.1) is 6.20 Å². The molecule has 2 aromatic carbocycles. The molecule has 0 bridgehead atoms. The number of nitrogens with zero attached hydrogens (tertiary/aromatic N) is 3. The molecule has 3 aromatic rings. The average Bonchev–Trinajstić information content (AvgIpc) is 2.67. The molecule has 0 radical (unpaired) electrons. The molecule has 0 saturated heterocycles. The van der Waals surface area contributed by atoms with Crippen LogP contribution in [0.25, 0.3) is 0 Å². The number of anilines is 3. The maximum atomic E-state index is 11.3. The van der Waals surface area contributed by atoms with Crippen molar-refractivity contribution in [1.82, 2.24) is 15.2 Å². The van der Waals surface area contributed by atoms with Gasteiger partial charge in [-0.3, -0.25) is 4.79 Å². The normalized spacial score (nSPS) is 10.3. The van der Waals surface area contributed by atoms with Gasteiger partial charge in [0.15, 0.2) is 11.6 Å². The van der Waals surface area contributed by atoms with E-state index in [4.69, 9.17) is 0 Å². The number of ketones is 1. The zero-order chi connectivity index (χ0) is 18.2. The Morgan fingerprint density at radius 1 is 1.04 bits per heavy atom. The molecule has 1 heterocycles. The summed E-state index contributed by atoms with van der Waals surface area (Å²) in [7, 11) is 0. The molecule has 3 rings (SSSR count). The van der Waals surface area contributed by atoms with Crippen molar-refractivity contribution in [2.24, 2.45) is 0 Å². The molecule has 0 aliphatic heterocycles. The quantitative estimate of drug-likeness (QED) is 0.476. The third-order valence-corrected chi connectivity index (χ3v) is 3.90. The Morgan fingerprint density at radius 3 is 2.54 bits per heavy atom. The molecule has 6 heteroatoms. The molecule has 6 nitrogen and oxygen atoms in total. The number of benzene rings is 2. The van der Waals surface area contributed by atoms with Crippen LogP contribution in [0.5, 0.6) is 0 Å². The molecule has 0 aliphatic rings. The Hall–Kier alpha value is -3.28. The summed E-state index contributed by atoms with van der Waals surface area (Å²) in [4.78, 5) is 15.7. The summed E-state index contributed by atoms with van der Waals surface area (Å²) in [5.74, 6) is 1.13. The zero-order valence-electron chi connectivity index (χ0n) is 14.6. The minimum absolute atomic E-state index is 0.0381. The summed E-state index contributed by atoms with van der Waals surface area (Å²) in [6.45, 7) is 2.35. The van der Waals surface area contributed by atoms with Gasteiger partial charge in [-0.15, -0.1) is 5.10 Å². The van der Waals surface area contributed by atoms with Gasteiger partial charge in [-0.25, -0.2) is 0 Å². The van der Waals surface area contributed by atoms with Gasteiger partial charge in [0, 0.05) is 17.8 Å². The van der Waals surface area contributed by atoms with E-state index in [1.807, 2.05) is 18.2 Å². The van der Waals surface area contributed by atoms with Crippen molar-refractivity contribution in [3.63, 3.8) is 0 Å². The maximum Gasteiger partial charge on any atom is 0.249 e. The second kappa shape index (κ2) is 8.71. The highest BCUT2D eigenvalue weighted by atomic mass is 16.1. The third-order valence-electron chi connectivity index (χ3n) is 3.90. The Kier molecular flexibility index (Phi) is 5.88. The van der Waals surface area contributed by atoms with Crippen LogP contribution in [0.15, 0.2) is 60.8 Å². The van der Waals surface area contributed by atoms with Crippen LogP contribution >= 0.6 is 0 Å². The Balaban J connectivity index is 1.52. The van der Waals surface area contributed by atoms with Crippen molar-refractivity contribution in [1.29, 1.82) is 0 Å². The van der Waals surface area contributed by atoms with Crippen molar-refractivity contribution >= 4 is 23.2 Å². The van der Waals surface area contributed by atoms with E-state index >= 15 is 0 Å². The van der Waals surface area contributed by atoms with Crippen molar-refractivity contribution in [3.8, 4) is 0 Å². The fourth-order valence-corrected chi connectivity index (χ4v) is 2.51. The first kappa shape index (κ1) is 17.5. The largest absolute Gasteiger partial charge is 0.369 e. The van der Waals surface area contributed by atoms with Gasteiger partial charge in [-0.05, 0) is 49.6 Å². The first-order chi connectivity index (χ1) is 12.7. The molecule has 2 N–H and O–H groups in total. The molecule has 0 spiro atoms. The van der Waals surface area contributed by atoms with E-state index in [0.717, 1.165) is 25.1 Å². The summed E-state index contributed by atoms with van der Waals surface area (Å²) in [5.41, 5.74) is 2.80. The van der Waals surface area contributed by atoms with E-state index in [2.05, 4.69) is 50.1 Å². The van der Waals surface area contributed by atoms with Crippen LogP contribution in [-0.4, -0.2) is 27.5 Å². The van der Waals surface area contributed by atoms with Crippen molar-refractivity contribution < 1.29 is 4.79 Å². The first-order valence-electron chi connectivity index (χ1n) is 8.56. The second-order valence-electron chi connectivity index (χ2n) is 5.94. The topological polar surface area (TPSA) is 79.8 Å². The third kappa shape index (κ3) is 5.11. The smallest absolute Gasteiger partial charge is 0.249 e. The van der Waals surface area contributed by atoms with E-state index in [9.17, 15) is 4.79 Å². The molecule has 1 aromatic heterocycles. The molecular weight excluding hydrogens is 326 g/mol. The molecule has 0 atom stereocenters. The van der Waals surface area contributed by atoms with Crippen LogP contribution in [0.2, 0.25) is 0 Å². The minimum Gasteiger partial charge on any atom is -0.369 e. The summed E-state index contributed by atoms with van der Waals surface area (Å²) >= 11 is 0. The van der Waals surface area contributed by atoms with E-state index in [1.165, 1.54) is 5.56 Å². The molecule has 0 saturated carbocycles. The average molecular weight is 347 g/mol. The van der Waals surface area contributed by atoms with Gasteiger partial charge in [0.1, 0.15) is 0 Å². The Morgan fingerprint density at radius 2 is 1.81 bits per heavy atom. The number of hydrogen-bond acceptors (Lipinski definition) is 6. The van der Waals surface area contributed by atoms with Gasteiger partial charge in [0.25, 0.3) is 0 Å². The van der Waals surface area contributed by atoms with E-state index in [0.29, 0.717) is 17.3 Å². The fourth-order valence-electron chi connectivity index (χ4n) is 2.51. The predicted octanol–water partition coefficient (Wildman–Crippen LogP) is 3.86. The number of carbonyl (C=O) groups is 1. The second-order valence-corrected chi connectivity index (χ2v) is 5.94. The standard InChI is InChI=1S/C20H21N5O/c1-15(26)17-9-11-18(12-10-17)23-20-24-19(14-22-25-20)21-13-5-8-16-6-3-2-4-7-16/h2-4,6-7,9-12,14H,5,8,13H2,1H3,(H2,21,23,24,25). The summed E-state index contributed by atoms with van der Waals surface area (Å²) < 4.78 is 0. The lowest BCUT2D eigenvalue weighted by atomic mass is 10.1. The molecular formula is C20H21N5O. The highest BCUT2D eigenvalue weighted by molar-refractivity contribution is 5.94. The van der Waals surface area contributed by atoms with E-state index in [1.54, 1.807) is 25.3 Å². The van der Waals surface area contributed by atoms with Gasteiger partial charge in [-0.1, -0.05) is 30.3 Å². The van der Waals surface area contributed by atoms with Crippen LogP contribution in [-0.2, 0) is 6.42 Å². The van der Waals surface area contributed by atoms with Crippen LogP contribution in [0.1, 0.15) is 29.3 Å². The number of nitrogens with one attached hydrogen (secondary N) is 2. The van der Waals surface area contributed by atoms with Crippen LogP contribution in [0.3, 0.4) is 0 Å². The zero-order valence-corrected chi connectivity index (χ0v) is 14.6. The number of hydrogen-bond donors (Lipinski definition) is 2. The van der Waals surface area contributed by atoms with Crippen LogP contribution < -0.4 is 10.6 Å². The first-order valence-corrected chi connectivity index (χ1v) is 8.56. The lowest BCUT2D eigenvalue weighted by molar-refractivity contribution is 0.101. The van der Waals surface area contributed by atoms with Crippen molar-refractivity contribution in [2.75, 3.05) is 17.2 Å². The maximum absolute atomic E-state index is 11.3. The fraction of sp³-hybridized carbons (Fsp3) is 0.200. The van der Waals surface area contributed by atoms with Crippen molar-refractivity contribution in [3.05, 3.63) is 71.9 Å². The van der Waals surface area contributed by atoms with Gasteiger partial charge in [-0.2, -0.15) is 10.1 Å². The summed E-state index contributed by atoms with van der Waals surface area (Å²) in [5, 5.41) is 14.3. The number of aromatic nitrogens is 3.